The van der Waals surface area contributed by atoms with Crippen LogP contribution in [0.3, 0.4) is 0 Å². The van der Waals surface area contributed by atoms with E-state index in [9.17, 15) is 18.0 Å². The van der Waals surface area contributed by atoms with E-state index in [2.05, 4.69) is 5.32 Å². The van der Waals surface area contributed by atoms with E-state index in [1.54, 1.807) is 43.3 Å². The van der Waals surface area contributed by atoms with E-state index in [1.807, 2.05) is 45.0 Å². The number of nitrogens with zero attached hydrogens (tertiary/aromatic N) is 2. The smallest absolute Gasteiger partial charge is 0.264 e. The predicted octanol–water partition coefficient (Wildman–Crippen LogP) is 4.45. The van der Waals surface area contributed by atoms with Gasteiger partial charge >= 0.3 is 0 Å². The second kappa shape index (κ2) is 13.3. The number of aryl methyl sites for hydroxylation is 2. The lowest BCUT2D eigenvalue weighted by Crippen LogP contribution is -2.51. The highest BCUT2D eigenvalue weighted by atomic mass is 32.2. The van der Waals surface area contributed by atoms with Gasteiger partial charge in [-0.05, 0) is 69.2 Å². The molecule has 0 aliphatic heterocycles. The second-order valence-electron chi connectivity index (χ2n) is 9.50. The molecule has 0 radical (unpaired) electrons. The first-order valence-corrected chi connectivity index (χ1v) is 14.4. The zero-order chi connectivity index (χ0) is 28.6. The second-order valence-corrected chi connectivity index (χ2v) is 11.4. The van der Waals surface area contributed by atoms with Gasteiger partial charge < -0.3 is 15.0 Å². The van der Waals surface area contributed by atoms with E-state index in [1.165, 1.54) is 24.1 Å². The molecule has 0 bridgehead atoms. The molecule has 8 nitrogen and oxygen atoms in total. The van der Waals surface area contributed by atoms with E-state index in [0.717, 1.165) is 27.4 Å². The first-order valence-electron chi connectivity index (χ1n) is 12.9. The number of ether oxygens (including phenoxy) is 1. The maximum Gasteiger partial charge on any atom is 0.264 e. The molecule has 0 fully saturated rings. The summed E-state index contributed by atoms with van der Waals surface area (Å²) in [5.74, 6) is -0.269. The minimum Gasteiger partial charge on any atom is -0.497 e. The van der Waals surface area contributed by atoms with Gasteiger partial charge in [-0.2, -0.15) is 0 Å². The summed E-state index contributed by atoms with van der Waals surface area (Å²) in [6.07, 6.45) is 0.756. The van der Waals surface area contributed by atoms with Crippen molar-refractivity contribution in [3.8, 4) is 5.75 Å². The molecule has 0 spiro atoms. The van der Waals surface area contributed by atoms with E-state index >= 15 is 0 Å². The average Bonchev–Trinajstić information content (AvgIpc) is 2.93. The number of benzene rings is 3. The molecule has 208 valence electrons. The van der Waals surface area contributed by atoms with Crippen molar-refractivity contribution in [3.05, 3.63) is 89.5 Å². The van der Waals surface area contributed by atoms with Gasteiger partial charge in [0.2, 0.25) is 11.8 Å². The molecule has 1 N–H and O–H groups in total. The number of nitrogens with one attached hydrogen (secondary N) is 1. The van der Waals surface area contributed by atoms with Crippen molar-refractivity contribution >= 4 is 27.5 Å². The quantitative estimate of drug-likeness (QED) is 0.359. The van der Waals surface area contributed by atoms with Gasteiger partial charge in [-0.1, -0.05) is 54.4 Å². The van der Waals surface area contributed by atoms with Gasteiger partial charge in [-0.25, -0.2) is 8.42 Å². The minimum absolute atomic E-state index is 0.0237. The highest BCUT2D eigenvalue weighted by Gasteiger charge is 2.32. The highest BCUT2D eigenvalue weighted by Crippen LogP contribution is 2.26. The number of anilines is 1. The SMILES string of the molecule is CCCNC(=O)[C@H](C)N(Cc1cccc(C)c1)C(=O)CN(c1ccc(C)cc1)S(=O)(=O)c1ccc(OC)cc1. The maximum atomic E-state index is 13.9. The fourth-order valence-corrected chi connectivity index (χ4v) is 5.51. The van der Waals surface area contributed by atoms with Gasteiger partial charge in [0, 0.05) is 13.1 Å². The molecule has 2 amide bonds. The fraction of sp³-hybridized carbons (Fsp3) is 0.333. The van der Waals surface area contributed by atoms with Crippen molar-refractivity contribution in [2.75, 3.05) is 24.5 Å². The monoisotopic (exact) mass is 551 g/mol. The van der Waals surface area contributed by atoms with Crippen molar-refractivity contribution in [1.29, 1.82) is 0 Å². The molecule has 39 heavy (non-hydrogen) atoms. The lowest BCUT2D eigenvalue weighted by molar-refractivity contribution is -0.139. The van der Waals surface area contributed by atoms with Crippen LogP contribution in [0.2, 0.25) is 0 Å². The van der Waals surface area contributed by atoms with Crippen LogP contribution >= 0.6 is 0 Å². The third-order valence-electron chi connectivity index (χ3n) is 6.40. The minimum atomic E-state index is -4.13. The van der Waals surface area contributed by atoms with Crippen LogP contribution in [-0.4, -0.2) is 51.4 Å². The van der Waals surface area contributed by atoms with Crippen LogP contribution in [0.15, 0.2) is 77.7 Å². The molecule has 9 heteroatoms. The molecule has 0 saturated carbocycles. The molecule has 0 unspecified atom stereocenters. The summed E-state index contributed by atoms with van der Waals surface area (Å²) in [7, 11) is -2.63. The Kier molecular flexibility index (Phi) is 10.1. The lowest BCUT2D eigenvalue weighted by atomic mass is 10.1. The molecule has 0 saturated heterocycles. The summed E-state index contributed by atoms with van der Waals surface area (Å²) in [6, 6.07) is 19.8. The van der Waals surface area contributed by atoms with Crippen LogP contribution in [0, 0.1) is 13.8 Å². The van der Waals surface area contributed by atoms with Gasteiger partial charge in [-0.3, -0.25) is 13.9 Å². The zero-order valence-electron chi connectivity index (χ0n) is 23.2. The van der Waals surface area contributed by atoms with Crippen LogP contribution in [0.4, 0.5) is 5.69 Å². The summed E-state index contributed by atoms with van der Waals surface area (Å²) in [5, 5.41) is 2.85. The Balaban J connectivity index is 2.01. The van der Waals surface area contributed by atoms with E-state index in [-0.39, 0.29) is 17.3 Å². The summed E-state index contributed by atoms with van der Waals surface area (Å²) < 4.78 is 34.0. The van der Waals surface area contributed by atoms with Crippen LogP contribution in [-0.2, 0) is 26.2 Å². The molecule has 0 aromatic heterocycles. The number of carbonyl (C=O) groups is 2. The summed E-state index contributed by atoms with van der Waals surface area (Å²) >= 11 is 0. The average molecular weight is 552 g/mol. The standard InChI is InChI=1S/C30H37N3O5S/c1-6-18-31-30(35)24(4)32(20-25-9-7-8-23(3)19-25)29(34)21-33(26-12-10-22(2)11-13-26)39(36,37)28-16-14-27(38-5)15-17-28/h7-17,19,24H,6,18,20-21H2,1-5H3,(H,31,35)/t24-/m0/s1. The summed E-state index contributed by atoms with van der Waals surface area (Å²) in [5.41, 5.74) is 3.17. The van der Waals surface area contributed by atoms with Crippen molar-refractivity contribution < 1.29 is 22.7 Å². The fourth-order valence-electron chi connectivity index (χ4n) is 4.10. The first-order chi connectivity index (χ1) is 18.6. The number of sulfonamides is 1. The Morgan fingerprint density at radius 2 is 1.62 bits per heavy atom. The number of carbonyl (C=O) groups excluding carboxylic acids is 2. The first kappa shape index (κ1) is 29.7. The Morgan fingerprint density at radius 1 is 0.949 bits per heavy atom. The Hall–Kier alpha value is -3.85. The van der Waals surface area contributed by atoms with Gasteiger partial charge in [0.25, 0.3) is 10.0 Å². The van der Waals surface area contributed by atoms with Crippen LogP contribution in [0.1, 0.15) is 37.0 Å². The number of amides is 2. The summed E-state index contributed by atoms with van der Waals surface area (Å²) in [6.45, 7) is 7.62. The molecule has 0 aliphatic carbocycles. The maximum absolute atomic E-state index is 13.9. The molecule has 3 rings (SSSR count). The molecule has 3 aromatic carbocycles. The van der Waals surface area contributed by atoms with Crippen molar-refractivity contribution in [2.24, 2.45) is 0 Å². The van der Waals surface area contributed by atoms with Crippen molar-refractivity contribution in [2.45, 2.75) is 51.6 Å². The number of hydrogen-bond donors (Lipinski definition) is 1. The van der Waals surface area contributed by atoms with Gasteiger partial charge in [0.1, 0.15) is 18.3 Å². The third-order valence-corrected chi connectivity index (χ3v) is 8.19. The van der Waals surface area contributed by atoms with E-state index < -0.39 is 28.5 Å². The van der Waals surface area contributed by atoms with Gasteiger partial charge in [0.15, 0.2) is 0 Å². The zero-order valence-corrected chi connectivity index (χ0v) is 24.0. The predicted molar refractivity (Wildman–Crippen MR) is 153 cm³/mol. The topological polar surface area (TPSA) is 96.0 Å². The summed E-state index contributed by atoms with van der Waals surface area (Å²) in [4.78, 5) is 28.3. The molecular formula is C30H37N3O5S. The molecule has 0 heterocycles. The molecular weight excluding hydrogens is 514 g/mol. The highest BCUT2D eigenvalue weighted by molar-refractivity contribution is 7.92. The Labute approximate surface area is 231 Å². The van der Waals surface area contributed by atoms with Crippen LogP contribution < -0.4 is 14.4 Å². The Bertz CT molecular complexity index is 1370. The number of hydrogen-bond acceptors (Lipinski definition) is 5. The molecule has 0 aliphatic rings. The van der Waals surface area contributed by atoms with Crippen LogP contribution in [0.5, 0.6) is 5.75 Å². The number of rotatable bonds is 12. The third kappa shape index (κ3) is 7.60. The van der Waals surface area contributed by atoms with E-state index in [0.29, 0.717) is 18.0 Å². The molecule has 3 aromatic rings. The Morgan fingerprint density at radius 3 is 2.21 bits per heavy atom. The normalized spacial score (nSPS) is 11.9. The van der Waals surface area contributed by atoms with Crippen molar-refractivity contribution in [3.63, 3.8) is 0 Å². The van der Waals surface area contributed by atoms with E-state index in [4.69, 9.17) is 4.74 Å². The lowest BCUT2D eigenvalue weighted by Gasteiger charge is -2.32. The van der Waals surface area contributed by atoms with Gasteiger partial charge in [0.05, 0.1) is 17.7 Å². The van der Waals surface area contributed by atoms with Crippen LogP contribution in [0.25, 0.3) is 0 Å². The molecule has 1 atom stereocenters. The number of methoxy groups -OCH3 is 1. The van der Waals surface area contributed by atoms with Gasteiger partial charge in [-0.15, -0.1) is 0 Å². The largest absolute Gasteiger partial charge is 0.497 e. The van der Waals surface area contributed by atoms with Crippen molar-refractivity contribution in [1.82, 2.24) is 10.2 Å².